The molecular formula is C8H10F3N3O2. The van der Waals surface area contributed by atoms with Gasteiger partial charge in [-0.05, 0) is 6.42 Å². The number of carboxylic acid groups (broad SMARTS) is 1. The van der Waals surface area contributed by atoms with Crippen LogP contribution in [0.15, 0.2) is 6.20 Å². The summed E-state index contributed by atoms with van der Waals surface area (Å²) in [7, 11) is 0. The van der Waals surface area contributed by atoms with Crippen LogP contribution in [0.5, 0.6) is 0 Å². The van der Waals surface area contributed by atoms with Crippen LogP contribution in [0, 0.1) is 0 Å². The third-order valence-corrected chi connectivity index (χ3v) is 1.77. The van der Waals surface area contributed by atoms with Gasteiger partial charge < -0.3 is 5.11 Å². The van der Waals surface area contributed by atoms with Crippen molar-refractivity contribution in [3.63, 3.8) is 0 Å². The van der Waals surface area contributed by atoms with E-state index in [1.807, 2.05) is 0 Å². The van der Waals surface area contributed by atoms with Crippen molar-refractivity contribution in [2.45, 2.75) is 32.0 Å². The zero-order valence-corrected chi connectivity index (χ0v) is 8.24. The lowest BCUT2D eigenvalue weighted by Gasteiger charge is -2.04. The van der Waals surface area contributed by atoms with Gasteiger partial charge in [0.25, 0.3) is 0 Å². The van der Waals surface area contributed by atoms with E-state index in [0.29, 0.717) is 0 Å². The zero-order valence-electron chi connectivity index (χ0n) is 8.24. The van der Waals surface area contributed by atoms with Crippen LogP contribution in [-0.2, 0) is 17.8 Å². The monoisotopic (exact) mass is 237 g/mol. The number of hydrogen-bond donors (Lipinski definition) is 1. The molecule has 0 aliphatic heterocycles. The maximum Gasteiger partial charge on any atom is 0.389 e. The highest BCUT2D eigenvalue weighted by Crippen LogP contribution is 2.21. The zero-order chi connectivity index (χ0) is 12.2. The molecule has 0 spiro atoms. The molecule has 0 amide bonds. The average molecular weight is 237 g/mol. The fraction of sp³-hybridized carbons (Fsp3) is 0.625. The van der Waals surface area contributed by atoms with Crippen molar-refractivity contribution in [3.8, 4) is 0 Å². The van der Waals surface area contributed by atoms with Gasteiger partial charge in [-0.1, -0.05) is 5.21 Å². The topological polar surface area (TPSA) is 68.0 Å². The molecule has 1 rings (SSSR count). The largest absolute Gasteiger partial charge is 0.481 e. The predicted molar refractivity (Wildman–Crippen MR) is 46.7 cm³/mol. The van der Waals surface area contributed by atoms with Crippen molar-refractivity contribution in [3.05, 3.63) is 11.9 Å². The molecule has 90 valence electrons. The quantitative estimate of drug-likeness (QED) is 0.836. The molecule has 1 N–H and O–H groups in total. The molecule has 0 aliphatic carbocycles. The molecule has 0 saturated heterocycles. The molecule has 0 fully saturated rings. The molecule has 0 aromatic carbocycles. The van der Waals surface area contributed by atoms with Gasteiger partial charge in [0, 0.05) is 19.2 Å². The van der Waals surface area contributed by atoms with Crippen LogP contribution in [0.3, 0.4) is 0 Å². The van der Waals surface area contributed by atoms with Crippen molar-refractivity contribution >= 4 is 5.97 Å². The summed E-state index contributed by atoms with van der Waals surface area (Å²) in [5.74, 6) is -1.05. The van der Waals surface area contributed by atoms with Crippen molar-refractivity contribution < 1.29 is 23.1 Å². The van der Waals surface area contributed by atoms with Crippen molar-refractivity contribution in [1.82, 2.24) is 15.0 Å². The number of nitrogens with zero attached hydrogens (tertiary/aromatic N) is 3. The normalized spacial score (nSPS) is 11.7. The highest BCUT2D eigenvalue weighted by Gasteiger charge is 2.26. The smallest absolute Gasteiger partial charge is 0.389 e. The summed E-state index contributed by atoms with van der Waals surface area (Å²) in [6.07, 6.45) is -4.10. The second kappa shape index (κ2) is 4.95. The van der Waals surface area contributed by atoms with Gasteiger partial charge in [0.05, 0.1) is 12.1 Å². The number of hydrogen-bond acceptors (Lipinski definition) is 3. The Kier molecular flexibility index (Phi) is 3.86. The highest BCUT2D eigenvalue weighted by molar-refractivity contribution is 5.69. The summed E-state index contributed by atoms with van der Waals surface area (Å²) in [4.78, 5) is 10.3. The van der Waals surface area contributed by atoms with E-state index in [0.717, 1.165) is 0 Å². The summed E-state index contributed by atoms with van der Waals surface area (Å²) >= 11 is 0. The number of carboxylic acids is 1. The maximum absolute atomic E-state index is 11.8. The molecule has 0 unspecified atom stereocenters. The molecule has 1 heterocycles. The standard InChI is InChI=1S/C8H10F3N3O2/c9-8(10,11)2-1-3-14-5-6(12-13-14)4-7(15)16/h5H,1-4H2,(H,15,16). The first-order valence-electron chi connectivity index (χ1n) is 4.54. The van der Waals surface area contributed by atoms with Gasteiger partial charge >= 0.3 is 12.1 Å². The SMILES string of the molecule is O=C(O)Cc1cn(CCCC(F)(F)F)nn1. The average Bonchev–Trinajstić information content (AvgIpc) is 2.49. The van der Waals surface area contributed by atoms with E-state index in [-0.39, 0.29) is 25.1 Å². The molecule has 8 heteroatoms. The summed E-state index contributed by atoms with van der Waals surface area (Å²) in [6, 6.07) is 0. The lowest BCUT2D eigenvalue weighted by molar-refractivity contribution is -0.137. The highest BCUT2D eigenvalue weighted by atomic mass is 19.4. The first-order chi connectivity index (χ1) is 7.37. The molecule has 0 aliphatic rings. The Labute approximate surface area is 88.9 Å². The third kappa shape index (κ3) is 4.76. The van der Waals surface area contributed by atoms with Gasteiger partial charge in [0.2, 0.25) is 0 Å². The van der Waals surface area contributed by atoms with Crippen LogP contribution in [-0.4, -0.2) is 32.2 Å². The van der Waals surface area contributed by atoms with Crippen LogP contribution in [0.1, 0.15) is 18.5 Å². The van der Waals surface area contributed by atoms with E-state index in [9.17, 15) is 18.0 Å². The van der Waals surface area contributed by atoms with Gasteiger partial charge in [-0.15, -0.1) is 5.10 Å². The summed E-state index contributed by atoms with van der Waals surface area (Å²) in [5.41, 5.74) is 0.236. The minimum atomic E-state index is -4.18. The van der Waals surface area contributed by atoms with Crippen LogP contribution >= 0.6 is 0 Å². The minimum Gasteiger partial charge on any atom is -0.481 e. The number of rotatable bonds is 5. The predicted octanol–water partition coefficient (Wildman–Crippen LogP) is 1.25. The lowest BCUT2D eigenvalue weighted by Crippen LogP contribution is -2.09. The van der Waals surface area contributed by atoms with Gasteiger partial charge in [-0.2, -0.15) is 13.2 Å². The molecule has 0 saturated carbocycles. The number of aryl methyl sites for hydroxylation is 1. The molecule has 1 aromatic rings. The fourth-order valence-corrected chi connectivity index (χ4v) is 1.13. The molecular weight excluding hydrogens is 227 g/mol. The molecule has 0 atom stereocenters. The molecule has 0 bridgehead atoms. The number of aliphatic carboxylic acids is 1. The van der Waals surface area contributed by atoms with E-state index in [1.54, 1.807) is 0 Å². The van der Waals surface area contributed by atoms with E-state index < -0.39 is 18.6 Å². The summed E-state index contributed by atoms with van der Waals surface area (Å²) in [5, 5.41) is 15.5. The molecule has 5 nitrogen and oxygen atoms in total. The molecule has 0 radical (unpaired) electrons. The van der Waals surface area contributed by atoms with E-state index >= 15 is 0 Å². The Morgan fingerprint density at radius 2 is 2.19 bits per heavy atom. The van der Waals surface area contributed by atoms with Crippen molar-refractivity contribution in [1.29, 1.82) is 0 Å². The Bertz CT molecular complexity index is 362. The lowest BCUT2D eigenvalue weighted by atomic mass is 10.3. The molecule has 16 heavy (non-hydrogen) atoms. The first kappa shape index (κ1) is 12.5. The Balaban J connectivity index is 2.38. The van der Waals surface area contributed by atoms with Crippen LogP contribution in [0.25, 0.3) is 0 Å². The summed E-state index contributed by atoms with van der Waals surface area (Å²) in [6.45, 7) is 0.0755. The Morgan fingerprint density at radius 1 is 1.50 bits per heavy atom. The number of carbonyl (C=O) groups is 1. The third-order valence-electron chi connectivity index (χ3n) is 1.77. The fourth-order valence-electron chi connectivity index (χ4n) is 1.13. The van der Waals surface area contributed by atoms with Crippen LogP contribution < -0.4 is 0 Å². The van der Waals surface area contributed by atoms with Gasteiger partial charge in [-0.3, -0.25) is 9.48 Å². The van der Waals surface area contributed by atoms with E-state index in [2.05, 4.69) is 10.3 Å². The Hall–Kier alpha value is -1.60. The maximum atomic E-state index is 11.8. The molecule has 1 aromatic heterocycles. The van der Waals surface area contributed by atoms with Gasteiger partial charge in [-0.25, -0.2) is 0 Å². The van der Waals surface area contributed by atoms with Gasteiger partial charge in [0.15, 0.2) is 0 Å². The Morgan fingerprint density at radius 3 is 2.75 bits per heavy atom. The number of halogens is 3. The van der Waals surface area contributed by atoms with Crippen LogP contribution in [0.4, 0.5) is 13.2 Å². The minimum absolute atomic E-state index is 0.0755. The second-order valence-electron chi connectivity index (χ2n) is 3.26. The summed E-state index contributed by atoms with van der Waals surface area (Å²) < 4.78 is 36.7. The van der Waals surface area contributed by atoms with Crippen molar-refractivity contribution in [2.75, 3.05) is 0 Å². The first-order valence-corrected chi connectivity index (χ1v) is 4.54. The second-order valence-corrected chi connectivity index (χ2v) is 3.26. The number of aromatic nitrogens is 3. The van der Waals surface area contributed by atoms with Crippen molar-refractivity contribution in [2.24, 2.45) is 0 Å². The number of alkyl halides is 3. The van der Waals surface area contributed by atoms with Gasteiger partial charge in [0.1, 0.15) is 0 Å². The van der Waals surface area contributed by atoms with E-state index in [4.69, 9.17) is 5.11 Å². The van der Waals surface area contributed by atoms with E-state index in [1.165, 1.54) is 10.9 Å². The van der Waals surface area contributed by atoms with Crippen LogP contribution in [0.2, 0.25) is 0 Å².